The average molecular weight is 413 g/mol. The molecule has 1 aliphatic carbocycles. The van der Waals surface area contributed by atoms with Crippen molar-refractivity contribution >= 4 is 5.78 Å². The molecule has 0 saturated heterocycles. The van der Waals surface area contributed by atoms with E-state index in [1.54, 1.807) is 26.4 Å². The molecule has 1 aliphatic rings. The van der Waals surface area contributed by atoms with E-state index in [1.165, 1.54) is 16.7 Å². The number of hydrogen-bond donors (Lipinski definition) is 0. The van der Waals surface area contributed by atoms with Gasteiger partial charge in [0.1, 0.15) is 0 Å². The van der Waals surface area contributed by atoms with Crippen molar-refractivity contribution < 1.29 is 14.3 Å². The van der Waals surface area contributed by atoms with E-state index in [-0.39, 0.29) is 11.2 Å². The third-order valence-electron chi connectivity index (χ3n) is 6.36. The highest BCUT2D eigenvalue weighted by molar-refractivity contribution is 5.98. The fraction of sp³-hybridized carbons (Fsp3) is 0.250. The summed E-state index contributed by atoms with van der Waals surface area (Å²) in [4.78, 5) is 12.9. The van der Waals surface area contributed by atoms with Crippen molar-refractivity contribution in [3.63, 3.8) is 0 Å². The van der Waals surface area contributed by atoms with Crippen LogP contribution in [0.15, 0.2) is 90.5 Å². The zero-order valence-corrected chi connectivity index (χ0v) is 18.1. The van der Waals surface area contributed by atoms with Crippen molar-refractivity contribution in [1.82, 2.24) is 0 Å². The summed E-state index contributed by atoms with van der Waals surface area (Å²) in [5.74, 6) is 1.32. The third kappa shape index (κ3) is 4.27. The Hall–Kier alpha value is -3.33. The zero-order valence-electron chi connectivity index (χ0n) is 18.1. The Morgan fingerprint density at radius 1 is 0.839 bits per heavy atom. The predicted octanol–water partition coefficient (Wildman–Crippen LogP) is 6.37. The number of ketones is 1. The standard InChI is InChI=1S/C28H28O3/c1-30-26-14-13-22(20-27(26)31-2)25(29)19-21-15-17-28(18-16-21,23-9-5-3-6-10-23)24-11-7-4-8-12-24/h3-15,20H,16-19H2,1-2H3. The number of Topliss-reactive ketones (excluding diaryl/α,β-unsaturated/α-hetero) is 1. The first-order valence-electron chi connectivity index (χ1n) is 10.7. The monoisotopic (exact) mass is 412 g/mol. The molecule has 0 spiro atoms. The highest BCUT2D eigenvalue weighted by Crippen LogP contribution is 2.44. The smallest absolute Gasteiger partial charge is 0.167 e. The maximum absolute atomic E-state index is 12.9. The van der Waals surface area contributed by atoms with Crippen LogP contribution in [0.3, 0.4) is 0 Å². The fourth-order valence-electron chi connectivity index (χ4n) is 4.58. The molecule has 0 heterocycles. The molecule has 0 unspecified atom stereocenters. The highest BCUT2D eigenvalue weighted by Gasteiger charge is 2.35. The number of carbonyl (C=O) groups excluding carboxylic acids is 1. The van der Waals surface area contributed by atoms with Crippen LogP contribution in [0, 0.1) is 0 Å². The lowest BCUT2D eigenvalue weighted by Crippen LogP contribution is -2.30. The van der Waals surface area contributed by atoms with Gasteiger partial charge in [-0.15, -0.1) is 0 Å². The van der Waals surface area contributed by atoms with Crippen molar-refractivity contribution in [2.45, 2.75) is 31.1 Å². The van der Waals surface area contributed by atoms with Gasteiger partial charge in [0, 0.05) is 17.4 Å². The van der Waals surface area contributed by atoms with Crippen molar-refractivity contribution in [3.05, 3.63) is 107 Å². The third-order valence-corrected chi connectivity index (χ3v) is 6.36. The van der Waals surface area contributed by atoms with Gasteiger partial charge in [0.15, 0.2) is 17.3 Å². The summed E-state index contributed by atoms with van der Waals surface area (Å²) >= 11 is 0. The van der Waals surface area contributed by atoms with Crippen molar-refractivity contribution in [3.8, 4) is 11.5 Å². The van der Waals surface area contributed by atoms with E-state index in [9.17, 15) is 4.79 Å². The Bertz CT molecular complexity index is 1030. The summed E-state index contributed by atoms with van der Waals surface area (Å²) in [5.41, 5.74) is 4.49. The molecule has 0 radical (unpaired) electrons. The van der Waals surface area contributed by atoms with Crippen molar-refractivity contribution in [2.24, 2.45) is 0 Å². The van der Waals surface area contributed by atoms with Crippen molar-refractivity contribution in [1.29, 1.82) is 0 Å². The Kier molecular flexibility index (Phi) is 6.22. The van der Waals surface area contributed by atoms with Gasteiger partial charge in [-0.05, 0) is 48.6 Å². The lowest BCUT2D eigenvalue weighted by Gasteiger charge is -2.38. The van der Waals surface area contributed by atoms with E-state index in [4.69, 9.17) is 9.47 Å². The van der Waals surface area contributed by atoms with E-state index in [0.29, 0.717) is 23.5 Å². The Labute approximate surface area is 184 Å². The molecule has 0 aliphatic heterocycles. The van der Waals surface area contributed by atoms with Crippen LogP contribution in [-0.4, -0.2) is 20.0 Å². The number of rotatable bonds is 7. The number of allylic oxidation sites excluding steroid dienone is 2. The lowest BCUT2D eigenvalue weighted by atomic mass is 9.65. The van der Waals surface area contributed by atoms with Crippen LogP contribution in [-0.2, 0) is 5.41 Å². The van der Waals surface area contributed by atoms with Gasteiger partial charge in [0.05, 0.1) is 14.2 Å². The first-order valence-corrected chi connectivity index (χ1v) is 10.7. The van der Waals surface area contributed by atoms with Crippen LogP contribution >= 0.6 is 0 Å². The molecule has 0 N–H and O–H groups in total. The molecule has 158 valence electrons. The van der Waals surface area contributed by atoms with Gasteiger partial charge < -0.3 is 9.47 Å². The van der Waals surface area contributed by atoms with Crippen LogP contribution in [0.4, 0.5) is 0 Å². The molecular weight excluding hydrogens is 384 g/mol. The van der Waals surface area contributed by atoms with Crippen LogP contribution in [0.5, 0.6) is 11.5 Å². The number of carbonyl (C=O) groups is 1. The first-order chi connectivity index (χ1) is 15.2. The van der Waals surface area contributed by atoms with E-state index in [0.717, 1.165) is 19.3 Å². The SMILES string of the molecule is COc1ccc(C(=O)CC2=CCC(c3ccccc3)(c3ccccc3)CC2)cc1OC. The second kappa shape index (κ2) is 9.22. The van der Waals surface area contributed by atoms with E-state index in [2.05, 4.69) is 66.7 Å². The zero-order chi connectivity index (χ0) is 21.7. The molecule has 31 heavy (non-hydrogen) atoms. The number of hydrogen-bond acceptors (Lipinski definition) is 3. The van der Waals surface area contributed by atoms with Crippen molar-refractivity contribution in [2.75, 3.05) is 14.2 Å². The predicted molar refractivity (Wildman–Crippen MR) is 124 cm³/mol. The number of benzene rings is 3. The van der Waals surface area contributed by atoms with Gasteiger partial charge in [0.25, 0.3) is 0 Å². The Balaban J connectivity index is 1.57. The minimum atomic E-state index is -0.0433. The number of methoxy groups -OCH3 is 2. The molecule has 0 saturated carbocycles. The van der Waals surface area contributed by atoms with Crippen LogP contribution in [0.2, 0.25) is 0 Å². The van der Waals surface area contributed by atoms with Gasteiger partial charge in [0.2, 0.25) is 0 Å². The highest BCUT2D eigenvalue weighted by atomic mass is 16.5. The second-order valence-corrected chi connectivity index (χ2v) is 8.05. The van der Waals surface area contributed by atoms with Gasteiger partial charge in [-0.25, -0.2) is 0 Å². The quantitative estimate of drug-likeness (QED) is 0.334. The Morgan fingerprint density at radius 3 is 1.97 bits per heavy atom. The summed E-state index contributed by atoms with van der Waals surface area (Å²) in [6, 6.07) is 26.8. The first kappa shape index (κ1) is 20.9. The van der Waals surface area contributed by atoms with E-state index < -0.39 is 0 Å². The molecule has 4 rings (SSSR count). The molecule has 3 heteroatoms. The van der Waals surface area contributed by atoms with E-state index >= 15 is 0 Å². The van der Waals surface area contributed by atoms with Gasteiger partial charge >= 0.3 is 0 Å². The van der Waals surface area contributed by atoms with Crippen LogP contribution in [0.25, 0.3) is 0 Å². The molecule has 0 fully saturated rings. The summed E-state index contributed by atoms with van der Waals surface area (Å²) in [6.45, 7) is 0. The van der Waals surface area contributed by atoms with Gasteiger partial charge in [-0.1, -0.05) is 72.3 Å². The molecule has 0 amide bonds. The minimum Gasteiger partial charge on any atom is -0.493 e. The minimum absolute atomic E-state index is 0.0433. The summed E-state index contributed by atoms with van der Waals surface area (Å²) in [5, 5.41) is 0. The van der Waals surface area contributed by atoms with Crippen LogP contribution < -0.4 is 9.47 Å². The van der Waals surface area contributed by atoms with E-state index in [1.807, 2.05) is 6.07 Å². The largest absolute Gasteiger partial charge is 0.493 e. The summed E-state index contributed by atoms with van der Waals surface area (Å²) in [7, 11) is 3.18. The maximum Gasteiger partial charge on any atom is 0.167 e. The Morgan fingerprint density at radius 2 is 1.45 bits per heavy atom. The molecular formula is C28H28O3. The van der Waals surface area contributed by atoms with Crippen LogP contribution in [0.1, 0.15) is 47.2 Å². The topological polar surface area (TPSA) is 35.5 Å². The summed E-state index contributed by atoms with van der Waals surface area (Å²) in [6.07, 6.45) is 5.52. The number of ether oxygens (including phenoxy) is 2. The maximum atomic E-state index is 12.9. The molecule has 3 nitrogen and oxygen atoms in total. The normalized spacial score (nSPS) is 15.1. The molecule has 0 atom stereocenters. The fourth-order valence-corrected chi connectivity index (χ4v) is 4.58. The molecule has 0 aromatic heterocycles. The van der Waals surface area contributed by atoms with Gasteiger partial charge in [-0.3, -0.25) is 4.79 Å². The second-order valence-electron chi connectivity index (χ2n) is 8.05. The lowest BCUT2D eigenvalue weighted by molar-refractivity contribution is 0.0990. The molecule has 3 aromatic carbocycles. The molecule has 3 aromatic rings. The molecule has 0 bridgehead atoms. The van der Waals surface area contributed by atoms with Gasteiger partial charge in [-0.2, -0.15) is 0 Å². The average Bonchev–Trinajstić information content (AvgIpc) is 2.85. The summed E-state index contributed by atoms with van der Waals surface area (Å²) < 4.78 is 10.6.